The number of ether oxygens (including phenoxy) is 2. The van der Waals surface area contributed by atoms with Gasteiger partial charge in [-0.25, -0.2) is 9.59 Å². The third kappa shape index (κ3) is 4.45. The molecule has 236 valence electrons. The van der Waals surface area contributed by atoms with Gasteiger partial charge in [-0.05, 0) is 124 Å². The van der Waals surface area contributed by atoms with E-state index in [1.165, 1.54) is 24.8 Å². The van der Waals surface area contributed by atoms with E-state index in [1.54, 1.807) is 0 Å². The molecule has 7 heteroatoms. The van der Waals surface area contributed by atoms with Crippen LogP contribution in [0.4, 0.5) is 4.79 Å². The Morgan fingerprint density at radius 1 is 0.881 bits per heavy atom. The minimum Gasteiger partial charge on any atom is -0.455 e. The van der Waals surface area contributed by atoms with E-state index in [2.05, 4.69) is 53.4 Å². The van der Waals surface area contributed by atoms with Crippen LogP contribution in [0.1, 0.15) is 113 Å². The molecule has 0 aliphatic heterocycles. The molecule has 5 aliphatic rings. The monoisotopic (exact) mass is 584 g/mol. The molecule has 5 rings (SSSR count). The number of carbonyl (C=O) groups is 3. The maximum atomic E-state index is 12.4. The van der Waals surface area contributed by atoms with Gasteiger partial charge in [-0.15, -0.1) is 0 Å². The number of rotatable bonds is 5. The molecule has 3 N–H and O–H groups in total. The van der Waals surface area contributed by atoms with E-state index < -0.39 is 11.9 Å². The molecule has 10 atom stereocenters. The molecule has 7 nitrogen and oxygen atoms in total. The minimum absolute atomic E-state index is 0.0352. The van der Waals surface area contributed by atoms with E-state index in [1.807, 2.05) is 6.92 Å². The highest BCUT2D eigenvalue weighted by molar-refractivity contribution is 6.31. The lowest BCUT2D eigenvalue weighted by Crippen LogP contribution is -2.67. The number of allylic oxidation sites excluding steroid dienone is 1. The normalized spacial score (nSPS) is 45.3. The SMILES string of the molecule is C=C(C)[C@@H]1CC[C@]2(COC(=O)NCC)CC[C@]3(C)[C@H](CC[C@@H]4[C@@]5(C)CC[C@H](OC(=O)C(N)=O)C(C)(C)[C@@H]5CC[C@]43C)[C@@H]12. The summed E-state index contributed by atoms with van der Waals surface area (Å²) in [6.45, 7) is 21.9. The summed E-state index contributed by atoms with van der Waals surface area (Å²) in [5, 5.41) is 2.83. The van der Waals surface area contributed by atoms with Crippen molar-refractivity contribution < 1.29 is 23.9 Å². The van der Waals surface area contributed by atoms with E-state index >= 15 is 0 Å². The maximum absolute atomic E-state index is 12.4. The topological polar surface area (TPSA) is 108 Å². The summed E-state index contributed by atoms with van der Waals surface area (Å²) < 4.78 is 11.6. The van der Waals surface area contributed by atoms with Crippen molar-refractivity contribution in [3.8, 4) is 0 Å². The molecule has 0 aromatic rings. The van der Waals surface area contributed by atoms with E-state index in [0.29, 0.717) is 42.7 Å². The van der Waals surface area contributed by atoms with E-state index in [-0.39, 0.29) is 39.3 Å². The lowest BCUT2D eigenvalue weighted by atomic mass is 9.32. The summed E-state index contributed by atoms with van der Waals surface area (Å²) >= 11 is 0. The molecule has 0 saturated heterocycles. The van der Waals surface area contributed by atoms with Gasteiger partial charge in [-0.2, -0.15) is 0 Å². The fraction of sp³-hybridized carbons (Fsp3) is 0.857. The zero-order chi connectivity index (χ0) is 30.9. The summed E-state index contributed by atoms with van der Waals surface area (Å²) in [4.78, 5) is 36.1. The van der Waals surface area contributed by atoms with Gasteiger partial charge in [0.05, 0.1) is 6.61 Å². The number of hydrogen-bond donors (Lipinski definition) is 2. The number of carbonyl (C=O) groups excluding carboxylic acids is 3. The van der Waals surface area contributed by atoms with Crippen molar-refractivity contribution in [2.24, 2.45) is 62.4 Å². The average Bonchev–Trinajstić information content (AvgIpc) is 3.30. The highest BCUT2D eigenvalue weighted by Gasteiger charge is 2.71. The zero-order valence-corrected chi connectivity index (χ0v) is 27.3. The predicted octanol–water partition coefficient (Wildman–Crippen LogP) is 6.79. The number of alkyl carbamates (subject to hydrolysis) is 1. The lowest BCUT2D eigenvalue weighted by molar-refractivity contribution is -0.251. The Labute approximate surface area is 253 Å². The van der Waals surface area contributed by atoms with E-state index in [0.717, 1.165) is 44.9 Å². The summed E-state index contributed by atoms with van der Waals surface area (Å²) in [5.74, 6) is 0.629. The minimum atomic E-state index is -1.01. The highest BCUT2D eigenvalue weighted by atomic mass is 16.6. The molecule has 5 aliphatic carbocycles. The van der Waals surface area contributed by atoms with Crippen molar-refractivity contribution in [1.29, 1.82) is 0 Å². The first-order chi connectivity index (χ1) is 19.6. The Morgan fingerprint density at radius 2 is 1.60 bits per heavy atom. The van der Waals surface area contributed by atoms with E-state index in [4.69, 9.17) is 15.2 Å². The van der Waals surface area contributed by atoms with Crippen molar-refractivity contribution in [2.45, 2.75) is 119 Å². The molecule has 0 aromatic heterocycles. The Kier molecular flexibility index (Phi) is 7.87. The third-order valence-corrected chi connectivity index (χ3v) is 14.4. The van der Waals surface area contributed by atoms with Crippen LogP contribution >= 0.6 is 0 Å². The number of amides is 2. The fourth-order valence-corrected chi connectivity index (χ4v) is 12.3. The Bertz CT molecular complexity index is 1130. The van der Waals surface area contributed by atoms with Crippen LogP contribution < -0.4 is 11.1 Å². The molecule has 0 unspecified atom stereocenters. The molecule has 5 saturated carbocycles. The Balaban J connectivity index is 1.45. The molecule has 42 heavy (non-hydrogen) atoms. The predicted molar refractivity (Wildman–Crippen MR) is 163 cm³/mol. The molecule has 2 amide bonds. The molecule has 0 heterocycles. The summed E-state index contributed by atoms with van der Waals surface area (Å²) in [7, 11) is 0. The van der Waals surface area contributed by atoms with Gasteiger partial charge in [0.15, 0.2) is 0 Å². The van der Waals surface area contributed by atoms with Gasteiger partial charge >= 0.3 is 18.0 Å². The van der Waals surface area contributed by atoms with Crippen LogP contribution in [0.25, 0.3) is 0 Å². The molecule has 0 aromatic carbocycles. The number of primary amides is 1. The molecule has 0 spiro atoms. The number of nitrogens with one attached hydrogen (secondary N) is 1. The first-order valence-corrected chi connectivity index (χ1v) is 16.6. The quantitative estimate of drug-likeness (QED) is 0.210. The Hall–Kier alpha value is -2.05. The largest absolute Gasteiger partial charge is 0.455 e. The lowest BCUT2D eigenvalue weighted by Gasteiger charge is -2.73. The van der Waals surface area contributed by atoms with Crippen LogP contribution in [0, 0.1) is 56.7 Å². The number of hydrogen-bond acceptors (Lipinski definition) is 5. The van der Waals surface area contributed by atoms with E-state index in [9.17, 15) is 14.4 Å². The van der Waals surface area contributed by atoms with Crippen molar-refractivity contribution in [2.75, 3.05) is 13.2 Å². The second-order valence-corrected chi connectivity index (χ2v) is 16.3. The van der Waals surface area contributed by atoms with Gasteiger partial charge in [0.25, 0.3) is 0 Å². The molecule has 0 bridgehead atoms. The van der Waals surface area contributed by atoms with Gasteiger partial charge in [0.2, 0.25) is 0 Å². The molecule has 5 fully saturated rings. The van der Waals surface area contributed by atoms with Gasteiger partial charge in [0, 0.05) is 17.4 Å². The smallest absolute Gasteiger partial charge is 0.407 e. The van der Waals surface area contributed by atoms with Crippen LogP contribution in [0.3, 0.4) is 0 Å². The Morgan fingerprint density at radius 3 is 2.24 bits per heavy atom. The number of fused-ring (bicyclic) bond motifs is 7. The molecular weight excluding hydrogens is 528 g/mol. The van der Waals surface area contributed by atoms with Crippen LogP contribution in [0.15, 0.2) is 12.2 Å². The van der Waals surface area contributed by atoms with Gasteiger partial charge in [-0.3, -0.25) is 4.79 Å². The fourth-order valence-electron chi connectivity index (χ4n) is 12.3. The summed E-state index contributed by atoms with van der Waals surface area (Å²) in [6, 6.07) is 0. The summed E-state index contributed by atoms with van der Waals surface area (Å²) in [6.07, 6.45) is 10.4. The summed E-state index contributed by atoms with van der Waals surface area (Å²) in [5.41, 5.74) is 6.88. The van der Waals surface area contributed by atoms with Crippen LogP contribution in [-0.2, 0) is 19.1 Å². The van der Waals surface area contributed by atoms with Crippen molar-refractivity contribution in [3.63, 3.8) is 0 Å². The average molecular weight is 585 g/mol. The van der Waals surface area contributed by atoms with Crippen LogP contribution in [0.5, 0.6) is 0 Å². The maximum Gasteiger partial charge on any atom is 0.407 e. The number of nitrogens with two attached hydrogens (primary N) is 1. The molecular formula is C35H56N2O5. The second-order valence-electron chi connectivity index (χ2n) is 16.3. The van der Waals surface area contributed by atoms with Gasteiger partial charge in [-0.1, -0.05) is 46.8 Å². The molecule has 0 radical (unpaired) electrons. The second kappa shape index (κ2) is 10.5. The first kappa shape index (κ1) is 31.4. The van der Waals surface area contributed by atoms with Gasteiger partial charge in [0.1, 0.15) is 6.10 Å². The van der Waals surface area contributed by atoms with Crippen molar-refractivity contribution >= 4 is 18.0 Å². The highest BCUT2D eigenvalue weighted by Crippen LogP contribution is 2.77. The standard InChI is InChI=1S/C35H56N2O5/c1-9-37-30(40)41-20-35-17-12-22(21(2)3)27(35)23-10-11-25-32(6)15-14-26(42-29(39)28(36)38)31(4,5)24(32)13-16-34(25,8)33(23,7)18-19-35/h22-27H,2,9-20H2,1,3-8H3,(H2,36,38)(H,37,40)/t22-,23+,24-,25+,26-,27+,32-,33+,34+,35+/m0/s1. The third-order valence-electron chi connectivity index (χ3n) is 14.4. The van der Waals surface area contributed by atoms with Gasteiger partial charge < -0.3 is 20.5 Å². The van der Waals surface area contributed by atoms with Crippen molar-refractivity contribution in [3.05, 3.63) is 12.2 Å². The zero-order valence-electron chi connectivity index (χ0n) is 27.3. The van der Waals surface area contributed by atoms with Crippen LogP contribution in [-0.4, -0.2) is 37.2 Å². The number of esters is 1. The van der Waals surface area contributed by atoms with Crippen LogP contribution in [0.2, 0.25) is 0 Å². The first-order valence-electron chi connectivity index (χ1n) is 16.6. The van der Waals surface area contributed by atoms with Crippen molar-refractivity contribution in [1.82, 2.24) is 5.32 Å².